The topological polar surface area (TPSA) is 46.5 Å². The van der Waals surface area contributed by atoms with Crippen LogP contribution < -0.4 is 4.74 Å². The van der Waals surface area contributed by atoms with Gasteiger partial charge in [0, 0.05) is 11.1 Å². The first-order valence-corrected chi connectivity index (χ1v) is 5.01. The molecule has 3 nitrogen and oxygen atoms in total. The molecule has 0 fully saturated rings. The molecule has 0 spiro atoms. The molecule has 1 rings (SSSR count). The molecule has 0 saturated heterocycles. The molecule has 1 N–H and O–H groups in total. The Hall–Kier alpha value is -1.43. The van der Waals surface area contributed by atoms with E-state index in [0.29, 0.717) is 0 Å². The average molecular weight is 269 g/mol. The van der Waals surface area contributed by atoms with E-state index in [2.05, 4.69) is 4.74 Å². The number of hydrogen-bond acceptors (Lipinski definition) is 2. The van der Waals surface area contributed by atoms with Gasteiger partial charge in [0.1, 0.15) is 11.6 Å². The summed E-state index contributed by atoms with van der Waals surface area (Å²) in [5.41, 5.74) is -0.184. The Morgan fingerprint density at radius 3 is 2.47 bits per heavy atom. The summed E-state index contributed by atoms with van der Waals surface area (Å²) in [4.78, 5) is 10.5. The Kier molecular flexibility index (Phi) is 4.62. The van der Waals surface area contributed by atoms with Crippen molar-refractivity contribution in [2.75, 3.05) is 0 Å². The van der Waals surface area contributed by atoms with Gasteiger partial charge in [-0.2, -0.15) is 8.78 Å². The highest BCUT2D eigenvalue weighted by molar-refractivity contribution is 6.17. The molecule has 0 atom stereocenters. The zero-order chi connectivity index (χ0) is 13.0. The van der Waals surface area contributed by atoms with E-state index in [4.69, 9.17) is 16.7 Å². The minimum atomic E-state index is -3.13. The monoisotopic (exact) mass is 268 g/mol. The second-order valence-electron chi connectivity index (χ2n) is 3.14. The highest BCUT2D eigenvalue weighted by Crippen LogP contribution is 2.29. The van der Waals surface area contributed by atoms with Gasteiger partial charge in [-0.3, -0.25) is 4.79 Å². The van der Waals surface area contributed by atoms with E-state index in [9.17, 15) is 18.0 Å². The Labute approximate surface area is 99.8 Å². The first-order chi connectivity index (χ1) is 7.93. The van der Waals surface area contributed by atoms with Crippen LogP contribution in [-0.2, 0) is 17.1 Å². The Balaban J connectivity index is 3.22. The average Bonchev–Trinajstić information content (AvgIpc) is 2.20. The summed E-state index contributed by atoms with van der Waals surface area (Å²) in [5.74, 6) is -2.67. The van der Waals surface area contributed by atoms with E-state index >= 15 is 0 Å². The zero-order valence-corrected chi connectivity index (χ0v) is 9.18. The third kappa shape index (κ3) is 3.81. The predicted octanol–water partition coefficient (Wildman–Crippen LogP) is 2.79. The molecule has 7 heteroatoms. The standard InChI is InChI=1S/C10H8ClF3O3/c11-4-6-2-7(12)1-5(3-8(15)16)9(6)17-10(13)14/h1-2,10H,3-4H2,(H,15,16). The second-order valence-corrected chi connectivity index (χ2v) is 3.40. The molecular weight excluding hydrogens is 261 g/mol. The van der Waals surface area contributed by atoms with Crippen LogP contribution in [-0.4, -0.2) is 17.7 Å². The van der Waals surface area contributed by atoms with Crippen molar-refractivity contribution in [3.05, 3.63) is 29.1 Å². The van der Waals surface area contributed by atoms with Crippen molar-refractivity contribution in [1.82, 2.24) is 0 Å². The molecule has 0 bridgehead atoms. The van der Waals surface area contributed by atoms with Gasteiger partial charge < -0.3 is 9.84 Å². The lowest BCUT2D eigenvalue weighted by Crippen LogP contribution is -2.10. The molecule has 0 aromatic heterocycles. The van der Waals surface area contributed by atoms with E-state index in [1.807, 2.05) is 0 Å². The van der Waals surface area contributed by atoms with Crippen molar-refractivity contribution >= 4 is 17.6 Å². The second kappa shape index (κ2) is 5.77. The van der Waals surface area contributed by atoms with Crippen molar-refractivity contribution < 1.29 is 27.8 Å². The number of ether oxygens (including phenoxy) is 1. The Morgan fingerprint density at radius 2 is 2.00 bits per heavy atom. The molecule has 0 aliphatic carbocycles. The summed E-state index contributed by atoms with van der Waals surface area (Å²) >= 11 is 5.46. The SMILES string of the molecule is O=C(O)Cc1cc(F)cc(CCl)c1OC(F)F. The number of hydrogen-bond donors (Lipinski definition) is 1. The molecule has 1 aromatic carbocycles. The summed E-state index contributed by atoms with van der Waals surface area (Å²) in [7, 11) is 0. The maximum atomic E-state index is 13.1. The van der Waals surface area contributed by atoms with Crippen LogP contribution in [0.5, 0.6) is 5.75 Å². The molecule has 94 valence electrons. The maximum Gasteiger partial charge on any atom is 0.387 e. The number of aliphatic carboxylic acids is 1. The normalized spacial score (nSPS) is 10.6. The van der Waals surface area contributed by atoms with Gasteiger partial charge in [0.25, 0.3) is 0 Å². The fourth-order valence-electron chi connectivity index (χ4n) is 1.35. The Bertz CT molecular complexity index is 424. The van der Waals surface area contributed by atoms with Crippen LogP contribution in [0, 0.1) is 5.82 Å². The van der Waals surface area contributed by atoms with Gasteiger partial charge in [-0.25, -0.2) is 4.39 Å². The number of halogens is 4. The molecule has 0 saturated carbocycles. The lowest BCUT2D eigenvalue weighted by atomic mass is 10.1. The van der Waals surface area contributed by atoms with Crippen LogP contribution in [0.15, 0.2) is 12.1 Å². The van der Waals surface area contributed by atoms with Gasteiger partial charge in [0.15, 0.2) is 0 Å². The van der Waals surface area contributed by atoms with Crippen molar-refractivity contribution in [2.24, 2.45) is 0 Å². The van der Waals surface area contributed by atoms with Crippen molar-refractivity contribution in [2.45, 2.75) is 18.9 Å². The molecule has 0 aliphatic heterocycles. The number of rotatable bonds is 5. The Morgan fingerprint density at radius 1 is 1.41 bits per heavy atom. The first kappa shape index (κ1) is 13.6. The molecule has 0 amide bonds. The number of carboxylic acid groups (broad SMARTS) is 1. The van der Waals surface area contributed by atoms with Crippen molar-refractivity contribution in [3.63, 3.8) is 0 Å². The van der Waals surface area contributed by atoms with Gasteiger partial charge >= 0.3 is 12.6 Å². The summed E-state index contributed by atoms with van der Waals surface area (Å²) in [6.45, 7) is -3.13. The van der Waals surface area contributed by atoms with Crippen LogP contribution in [0.4, 0.5) is 13.2 Å². The summed E-state index contributed by atoms with van der Waals surface area (Å²) in [5, 5.41) is 8.58. The molecule has 1 aromatic rings. The van der Waals surface area contributed by atoms with E-state index in [1.54, 1.807) is 0 Å². The summed E-state index contributed by atoms with van der Waals surface area (Å²) in [6, 6.07) is 1.76. The van der Waals surface area contributed by atoms with Crippen LogP contribution in [0.3, 0.4) is 0 Å². The largest absolute Gasteiger partial charge is 0.481 e. The number of carbonyl (C=O) groups is 1. The smallest absolute Gasteiger partial charge is 0.387 e. The molecule has 0 radical (unpaired) electrons. The number of benzene rings is 1. The molecule has 0 unspecified atom stereocenters. The molecule has 17 heavy (non-hydrogen) atoms. The lowest BCUT2D eigenvalue weighted by molar-refractivity contribution is -0.136. The van der Waals surface area contributed by atoms with Crippen LogP contribution in [0.2, 0.25) is 0 Å². The van der Waals surface area contributed by atoms with Gasteiger partial charge in [-0.15, -0.1) is 11.6 Å². The van der Waals surface area contributed by atoms with E-state index < -0.39 is 24.8 Å². The minimum absolute atomic E-state index is 0.0109. The van der Waals surface area contributed by atoms with Gasteiger partial charge in [-0.1, -0.05) is 0 Å². The quantitative estimate of drug-likeness (QED) is 0.835. The van der Waals surface area contributed by atoms with Crippen LogP contribution in [0.25, 0.3) is 0 Å². The zero-order valence-electron chi connectivity index (χ0n) is 8.42. The highest BCUT2D eigenvalue weighted by Gasteiger charge is 2.17. The fourth-order valence-corrected chi connectivity index (χ4v) is 1.54. The number of carboxylic acids is 1. The summed E-state index contributed by atoms with van der Waals surface area (Å²) in [6.07, 6.45) is -0.621. The third-order valence-electron chi connectivity index (χ3n) is 1.90. The highest BCUT2D eigenvalue weighted by atomic mass is 35.5. The summed E-state index contributed by atoms with van der Waals surface area (Å²) < 4.78 is 41.6. The van der Waals surface area contributed by atoms with Crippen molar-refractivity contribution in [3.8, 4) is 5.75 Å². The van der Waals surface area contributed by atoms with Crippen molar-refractivity contribution in [1.29, 1.82) is 0 Å². The minimum Gasteiger partial charge on any atom is -0.481 e. The van der Waals surface area contributed by atoms with Crippen LogP contribution in [0.1, 0.15) is 11.1 Å². The maximum absolute atomic E-state index is 13.1. The van der Waals surface area contributed by atoms with E-state index in [0.717, 1.165) is 12.1 Å². The first-order valence-electron chi connectivity index (χ1n) is 4.48. The van der Waals surface area contributed by atoms with Crippen LogP contribution >= 0.6 is 11.6 Å². The van der Waals surface area contributed by atoms with E-state index in [-0.39, 0.29) is 22.8 Å². The van der Waals surface area contributed by atoms with Gasteiger partial charge in [0.2, 0.25) is 0 Å². The fraction of sp³-hybridized carbons (Fsp3) is 0.300. The number of alkyl halides is 3. The van der Waals surface area contributed by atoms with Gasteiger partial charge in [-0.05, 0) is 12.1 Å². The molecule has 0 aliphatic rings. The van der Waals surface area contributed by atoms with E-state index in [1.165, 1.54) is 0 Å². The molecular formula is C10H8ClF3O3. The van der Waals surface area contributed by atoms with Gasteiger partial charge in [0.05, 0.1) is 12.3 Å². The third-order valence-corrected chi connectivity index (χ3v) is 2.19. The predicted molar refractivity (Wildman–Crippen MR) is 53.9 cm³/mol. The lowest BCUT2D eigenvalue weighted by Gasteiger charge is -2.13. The molecule has 0 heterocycles.